The number of hydrogen-bond acceptors (Lipinski definition) is 4. The molecule has 1 fully saturated rings. The van der Waals surface area contributed by atoms with Crippen LogP contribution in [0.25, 0.3) is 10.9 Å². The molecule has 0 saturated carbocycles. The summed E-state index contributed by atoms with van der Waals surface area (Å²) in [6.45, 7) is 4.49. The number of nitrogens with zero attached hydrogens (tertiary/aromatic N) is 1. The normalized spacial score (nSPS) is 29.9. The lowest BCUT2D eigenvalue weighted by molar-refractivity contribution is -0.152. The minimum Gasteiger partial charge on any atom is -0.468 e. The number of aromatic nitrogens is 1. The molecule has 0 radical (unpaired) electrons. The van der Waals surface area contributed by atoms with Crippen LogP contribution in [0.2, 0.25) is 0 Å². The predicted octanol–water partition coefficient (Wildman–Crippen LogP) is 2.40. The number of carbonyl (C=O) groups is 1. The second kappa shape index (κ2) is 6.56. The first-order valence-corrected chi connectivity index (χ1v) is 9.32. The molecule has 0 spiro atoms. The molecule has 0 amide bonds. The quantitative estimate of drug-likeness (QED) is 0.642. The van der Waals surface area contributed by atoms with Crippen molar-refractivity contribution in [1.82, 2.24) is 9.88 Å². The number of allylic oxidation sites excluding steroid dienone is 1. The largest absolute Gasteiger partial charge is 0.468 e. The number of aliphatic hydroxyl groups excluding tert-OH is 1. The number of aromatic amines is 1. The highest BCUT2D eigenvalue weighted by atomic mass is 16.5. The summed E-state index contributed by atoms with van der Waals surface area (Å²) < 4.78 is 5.26. The number of hydrogen-bond donors (Lipinski definition) is 2. The lowest BCUT2D eigenvalue weighted by atomic mass is 9.66. The van der Waals surface area contributed by atoms with Gasteiger partial charge in [0, 0.05) is 35.6 Å². The highest BCUT2D eigenvalue weighted by molar-refractivity contribution is 5.91. The van der Waals surface area contributed by atoms with Crippen molar-refractivity contribution in [3.63, 3.8) is 0 Å². The van der Waals surface area contributed by atoms with Gasteiger partial charge in [0.2, 0.25) is 0 Å². The van der Waals surface area contributed by atoms with Crippen LogP contribution in [0.3, 0.4) is 0 Å². The number of methoxy groups -OCH3 is 1. The van der Waals surface area contributed by atoms with Crippen LogP contribution in [-0.2, 0) is 21.4 Å². The molecule has 1 saturated heterocycles. The van der Waals surface area contributed by atoms with Gasteiger partial charge in [-0.2, -0.15) is 0 Å². The van der Waals surface area contributed by atoms with Gasteiger partial charge >= 0.3 is 5.97 Å². The SMILES string of the molecule is CC=C1CN2CCc3c([nH]c4ccccc34)[C@@](CO)(C(=O)OC)[C@@H]1CC2. The molecular formula is C21H26N2O3. The molecular weight excluding hydrogens is 328 g/mol. The summed E-state index contributed by atoms with van der Waals surface area (Å²) in [4.78, 5) is 19.1. The number of carbonyl (C=O) groups excluding carboxylic acids is 1. The summed E-state index contributed by atoms with van der Waals surface area (Å²) in [5.41, 5.74) is 3.10. The number of para-hydroxylation sites is 1. The Balaban J connectivity index is 2.05. The van der Waals surface area contributed by atoms with Crippen LogP contribution in [0, 0.1) is 5.92 Å². The van der Waals surface area contributed by atoms with Crippen LogP contribution in [0.5, 0.6) is 0 Å². The predicted molar refractivity (Wildman–Crippen MR) is 101 cm³/mol. The highest BCUT2D eigenvalue weighted by Gasteiger charge is 2.53. The third kappa shape index (κ3) is 2.34. The van der Waals surface area contributed by atoms with E-state index in [1.54, 1.807) is 0 Å². The maximum absolute atomic E-state index is 13.1. The number of fused-ring (bicyclic) bond motifs is 4. The van der Waals surface area contributed by atoms with Crippen molar-refractivity contribution in [2.24, 2.45) is 5.92 Å². The number of piperidine rings is 1. The smallest absolute Gasteiger partial charge is 0.320 e. The Kier molecular flexibility index (Phi) is 4.37. The molecule has 138 valence electrons. The third-order valence-corrected chi connectivity index (χ3v) is 6.29. The van der Waals surface area contributed by atoms with Gasteiger partial charge in [-0.25, -0.2) is 0 Å². The minimum atomic E-state index is -1.08. The van der Waals surface area contributed by atoms with E-state index in [1.807, 2.05) is 25.1 Å². The van der Waals surface area contributed by atoms with Crippen LogP contribution in [0.4, 0.5) is 0 Å². The zero-order valence-corrected chi connectivity index (χ0v) is 15.4. The van der Waals surface area contributed by atoms with E-state index in [0.29, 0.717) is 0 Å². The summed E-state index contributed by atoms with van der Waals surface area (Å²) in [6.07, 6.45) is 3.80. The number of nitrogens with one attached hydrogen (secondary N) is 1. The molecule has 3 atom stereocenters. The number of rotatable bonds is 2. The molecule has 3 aliphatic heterocycles. The average molecular weight is 354 g/mol. The van der Waals surface area contributed by atoms with Crippen molar-refractivity contribution in [2.75, 3.05) is 33.4 Å². The summed E-state index contributed by atoms with van der Waals surface area (Å²) >= 11 is 0. The summed E-state index contributed by atoms with van der Waals surface area (Å²) in [7, 11) is 1.42. The van der Waals surface area contributed by atoms with E-state index in [1.165, 1.54) is 12.7 Å². The molecule has 1 aromatic carbocycles. The van der Waals surface area contributed by atoms with Crippen molar-refractivity contribution < 1.29 is 14.6 Å². The number of aliphatic hydroxyl groups is 1. The average Bonchev–Trinajstić information content (AvgIpc) is 3.09. The highest BCUT2D eigenvalue weighted by Crippen LogP contribution is 2.45. The maximum Gasteiger partial charge on any atom is 0.320 e. The van der Waals surface area contributed by atoms with E-state index >= 15 is 0 Å². The van der Waals surface area contributed by atoms with Gasteiger partial charge < -0.3 is 14.8 Å². The summed E-state index contributed by atoms with van der Waals surface area (Å²) in [6, 6.07) is 8.14. The topological polar surface area (TPSA) is 65.6 Å². The Hall–Kier alpha value is -2.11. The first kappa shape index (κ1) is 17.3. The van der Waals surface area contributed by atoms with E-state index < -0.39 is 5.41 Å². The molecule has 1 unspecified atom stereocenters. The van der Waals surface area contributed by atoms with Gasteiger partial charge in [0.15, 0.2) is 0 Å². The lowest BCUT2D eigenvalue weighted by Crippen LogP contribution is -2.52. The molecule has 2 N–H and O–H groups in total. The molecule has 5 nitrogen and oxygen atoms in total. The number of ether oxygens (including phenoxy) is 1. The Labute approximate surface area is 153 Å². The first-order valence-electron chi connectivity index (χ1n) is 9.32. The van der Waals surface area contributed by atoms with E-state index in [9.17, 15) is 9.90 Å². The minimum absolute atomic E-state index is 0.0638. The lowest BCUT2D eigenvalue weighted by Gasteiger charge is -2.42. The van der Waals surface area contributed by atoms with Crippen molar-refractivity contribution in [3.05, 3.63) is 47.2 Å². The first-order chi connectivity index (χ1) is 12.7. The number of esters is 1. The zero-order valence-electron chi connectivity index (χ0n) is 15.4. The Morgan fingerprint density at radius 2 is 2.23 bits per heavy atom. The molecule has 2 bridgehead atoms. The van der Waals surface area contributed by atoms with E-state index in [2.05, 4.69) is 22.0 Å². The maximum atomic E-state index is 13.1. The fraction of sp³-hybridized carbons (Fsp3) is 0.476. The number of benzene rings is 1. The second-order valence-electron chi connectivity index (χ2n) is 7.38. The molecule has 26 heavy (non-hydrogen) atoms. The van der Waals surface area contributed by atoms with Crippen LogP contribution in [0.1, 0.15) is 24.6 Å². The standard InChI is InChI=1S/C21H26N2O3/c1-3-14-12-23-10-8-16-15-6-4-5-7-18(15)22-19(16)21(13-24,20(25)26-2)17(14)9-11-23/h3-7,17,22,24H,8-13H2,1-2H3/t17-,21+/m1/s1. The van der Waals surface area contributed by atoms with Gasteiger partial charge in [-0.05, 0) is 37.9 Å². The van der Waals surface area contributed by atoms with Crippen molar-refractivity contribution >= 4 is 16.9 Å². The zero-order chi connectivity index (χ0) is 18.3. The Morgan fingerprint density at radius 1 is 1.42 bits per heavy atom. The molecule has 1 aromatic heterocycles. The Bertz CT molecular complexity index is 869. The summed E-state index contributed by atoms with van der Waals surface area (Å²) in [5.74, 6) is -0.418. The van der Waals surface area contributed by atoms with Crippen molar-refractivity contribution in [2.45, 2.75) is 25.2 Å². The van der Waals surface area contributed by atoms with Gasteiger partial charge in [0.1, 0.15) is 5.41 Å². The molecule has 2 aromatic rings. The van der Waals surface area contributed by atoms with Gasteiger partial charge in [-0.15, -0.1) is 0 Å². The Morgan fingerprint density at radius 3 is 2.96 bits per heavy atom. The monoisotopic (exact) mass is 354 g/mol. The van der Waals surface area contributed by atoms with Gasteiger partial charge in [0.25, 0.3) is 0 Å². The summed E-state index contributed by atoms with van der Waals surface area (Å²) in [5, 5.41) is 11.7. The van der Waals surface area contributed by atoms with Crippen LogP contribution in [-0.4, -0.2) is 54.3 Å². The van der Waals surface area contributed by atoms with Crippen molar-refractivity contribution in [3.8, 4) is 0 Å². The van der Waals surface area contributed by atoms with Crippen LogP contribution in [0.15, 0.2) is 35.9 Å². The van der Waals surface area contributed by atoms with Crippen LogP contribution >= 0.6 is 0 Å². The molecule has 0 aliphatic carbocycles. The number of H-pyrrole nitrogens is 1. The van der Waals surface area contributed by atoms with Crippen LogP contribution < -0.4 is 0 Å². The van der Waals surface area contributed by atoms with E-state index in [4.69, 9.17) is 4.74 Å². The third-order valence-electron chi connectivity index (χ3n) is 6.29. The van der Waals surface area contributed by atoms with E-state index in [0.717, 1.165) is 54.6 Å². The fourth-order valence-electron chi connectivity index (χ4n) is 4.96. The second-order valence-corrected chi connectivity index (χ2v) is 7.38. The molecule has 3 aliphatic rings. The van der Waals surface area contributed by atoms with Crippen molar-refractivity contribution in [1.29, 1.82) is 0 Å². The molecule has 4 heterocycles. The molecule has 5 rings (SSSR count). The molecule has 5 heteroatoms. The van der Waals surface area contributed by atoms with Gasteiger partial charge in [0.05, 0.1) is 13.7 Å². The van der Waals surface area contributed by atoms with Gasteiger partial charge in [-0.1, -0.05) is 29.8 Å². The van der Waals surface area contributed by atoms with E-state index in [-0.39, 0.29) is 18.5 Å². The fourth-order valence-corrected chi connectivity index (χ4v) is 4.96. The van der Waals surface area contributed by atoms with Gasteiger partial charge in [-0.3, -0.25) is 9.69 Å².